The van der Waals surface area contributed by atoms with Gasteiger partial charge in [-0.1, -0.05) is 24.6 Å². The molecule has 2 heteroatoms. The number of fused-ring (bicyclic) bond motifs is 1. The van der Waals surface area contributed by atoms with Crippen LogP contribution in [0.1, 0.15) is 24.8 Å². The van der Waals surface area contributed by atoms with Gasteiger partial charge in [-0.3, -0.25) is 0 Å². The van der Waals surface area contributed by atoms with Crippen molar-refractivity contribution < 1.29 is 0 Å². The number of hydrogen-bond acceptors (Lipinski definition) is 2. The first-order valence-corrected chi connectivity index (χ1v) is 6.93. The van der Waals surface area contributed by atoms with Crippen LogP contribution >= 0.6 is 11.3 Å². The summed E-state index contributed by atoms with van der Waals surface area (Å²) in [6, 6.07) is 9.12. The predicted molar refractivity (Wildman–Crippen MR) is 70.8 cm³/mol. The van der Waals surface area contributed by atoms with Gasteiger partial charge in [0.2, 0.25) is 0 Å². The van der Waals surface area contributed by atoms with Crippen LogP contribution in [0.2, 0.25) is 0 Å². The highest BCUT2D eigenvalue weighted by molar-refractivity contribution is 7.17. The number of rotatable bonds is 2. The first-order chi connectivity index (χ1) is 7.84. The molecule has 0 saturated heterocycles. The number of thiophene rings is 1. The van der Waals surface area contributed by atoms with Crippen LogP contribution in [0, 0.1) is 5.92 Å². The normalized spacial score (nSPS) is 25.3. The Hall–Kier alpha value is -0.860. The highest BCUT2D eigenvalue weighted by Gasteiger charge is 2.24. The summed E-state index contributed by atoms with van der Waals surface area (Å²) in [6.07, 6.45) is 5.01. The van der Waals surface area contributed by atoms with Crippen molar-refractivity contribution in [1.82, 2.24) is 0 Å². The van der Waals surface area contributed by atoms with E-state index in [1.807, 2.05) is 11.3 Å². The van der Waals surface area contributed by atoms with E-state index in [2.05, 4.69) is 29.6 Å². The van der Waals surface area contributed by atoms with Crippen LogP contribution in [-0.2, 0) is 6.42 Å². The predicted octanol–water partition coefficient (Wildman–Crippen LogP) is 3.57. The molecule has 0 amide bonds. The smallest absolute Gasteiger partial charge is 0.0345 e. The summed E-state index contributed by atoms with van der Waals surface area (Å²) in [5, 5.41) is 3.75. The zero-order valence-electron chi connectivity index (χ0n) is 9.36. The van der Waals surface area contributed by atoms with Gasteiger partial charge < -0.3 is 5.73 Å². The maximum absolute atomic E-state index is 6.14. The molecule has 1 aliphatic rings. The maximum atomic E-state index is 6.14. The first kappa shape index (κ1) is 10.3. The lowest BCUT2D eigenvalue weighted by molar-refractivity contribution is 0.480. The first-order valence-electron chi connectivity index (χ1n) is 6.05. The van der Waals surface area contributed by atoms with E-state index in [9.17, 15) is 0 Å². The molecule has 1 fully saturated rings. The third-order valence-electron chi connectivity index (χ3n) is 3.76. The molecule has 1 aliphatic carbocycles. The third-order valence-corrected chi connectivity index (χ3v) is 4.77. The van der Waals surface area contributed by atoms with E-state index in [1.165, 1.54) is 41.3 Å². The van der Waals surface area contributed by atoms with E-state index in [4.69, 9.17) is 5.73 Å². The molecule has 1 saturated carbocycles. The van der Waals surface area contributed by atoms with Gasteiger partial charge in [0.15, 0.2) is 0 Å². The topological polar surface area (TPSA) is 26.0 Å². The summed E-state index contributed by atoms with van der Waals surface area (Å²) < 4.78 is 1.41. The molecule has 1 heterocycles. The Kier molecular flexibility index (Phi) is 2.70. The molecule has 2 atom stereocenters. The highest BCUT2D eigenvalue weighted by Crippen LogP contribution is 2.32. The van der Waals surface area contributed by atoms with Crippen LogP contribution in [-0.4, -0.2) is 6.04 Å². The number of benzene rings is 1. The van der Waals surface area contributed by atoms with Crippen molar-refractivity contribution in [1.29, 1.82) is 0 Å². The molecule has 2 unspecified atom stereocenters. The monoisotopic (exact) mass is 231 g/mol. The lowest BCUT2D eigenvalue weighted by atomic mass is 9.95. The summed E-state index contributed by atoms with van der Waals surface area (Å²) in [4.78, 5) is 0. The molecule has 1 aromatic heterocycles. The minimum absolute atomic E-state index is 0.429. The quantitative estimate of drug-likeness (QED) is 0.840. The highest BCUT2D eigenvalue weighted by atomic mass is 32.1. The Bertz CT molecular complexity index is 488. The van der Waals surface area contributed by atoms with Crippen LogP contribution in [0.4, 0.5) is 0 Å². The Morgan fingerprint density at radius 1 is 1.25 bits per heavy atom. The molecular formula is C14H17NS. The van der Waals surface area contributed by atoms with Crippen molar-refractivity contribution in [2.24, 2.45) is 11.7 Å². The standard InChI is InChI=1S/C14H17NS/c15-13-6-3-4-10(13)8-11-9-16-14-7-2-1-5-12(11)14/h1-2,5,7,9-10,13H,3-4,6,8,15H2. The lowest BCUT2D eigenvalue weighted by Gasteiger charge is -2.14. The summed E-state index contributed by atoms with van der Waals surface area (Å²) in [5.74, 6) is 0.706. The van der Waals surface area contributed by atoms with Gasteiger partial charge in [0.05, 0.1) is 0 Å². The minimum atomic E-state index is 0.429. The molecule has 1 aromatic carbocycles. The van der Waals surface area contributed by atoms with E-state index in [-0.39, 0.29) is 0 Å². The molecule has 0 spiro atoms. The van der Waals surface area contributed by atoms with Gasteiger partial charge in [-0.05, 0) is 47.6 Å². The van der Waals surface area contributed by atoms with E-state index >= 15 is 0 Å². The van der Waals surface area contributed by atoms with Crippen LogP contribution in [0.3, 0.4) is 0 Å². The van der Waals surface area contributed by atoms with Crippen LogP contribution < -0.4 is 5.73 Å². The van der Waals surface area contributed by atoms with E-state index in [0.717, 1.165) is 0 Å². The molecule has 0 bridgehead atoms. The van der Waals surface area contributed by atoms with E-state index in [0.29, 0.717) is 12.0 Å². The van der Waals surface area contributed by atoms with E-state index in [1.54, 1.807) is 0 Å². The van der Waals surface area contributed by atoms with Gasteiger partial charge in [0.25, 0.3) is 0 Å². The van der Waals surface area contributed by atoms with Gasteiger partial charge in [0.1, 0.15) is 0 Å². The average molecular weight is 231 g/mol. The minimum Gasteiger partial charge on any atom is -0.327 e. The Morgan fingerprint density at radius 2 is 2.12 bits per heavy atom. The fraction of sp³-hybridized carbons (Fsp3) is 0.429. The van der Waals surface area contributed by atoms with Crippen molar-refractivity contribution in [2.45, 2.75) is 31.7 Å². The molecule has 2 N–H and O–H groups in total. The van der Waals surface area contributed by atoms with Gasteiger partial charge in [-0.2, -0.15) is 0 Å². The molecule has 16 heavy (non-hydrogen) atoms. The fourth-order valence-electron chi connectivity index (χ4n) is 2.79. The molecule has 3 rings (SSSR count). The largest absolute Gasteiger partial charge is 0.327 e. The SMILES string of the molecule is NC1CCCC1Cc1csc2ccccc12. The zero-order valence-corrected chi connectivity index (χ0v) is 10.2. The van der Waals surface area contributed by atoms with Crippen molar-refractivity contribution in [3.63, 3.8) is 0 Å². The zero-order chi connectivity index (χ0) is 11.0. The van der Waals surface area contributed by atoms with Gasteiger partial charge in [-0.15, -0.1) is 11.3 Å². The fourth-order valence-corrected chi connectivity index (χ4v) is 3.77. The molecule has 1 nitrogen and oxygen atoms in total. The molecule has 84 valence electrons. The van der Waals surface area contributed by atoms with Crippen molar-refractivity contribution in [3.05, 3.63) is 35.2 Å². The second-order valence-corrected chi connectivity index (χ2v) is 5.73. The Morgan fingerprint density at radius 3 is 2.94 bits per heavy atom. The Balaban J connectivity index is 1.89. The van der Waals surface area contributed by atoms with Crippen molar-refractivity contribution >= 4 is 21.4 Å². The van der Waals surface area contributed by atoms with Crippen LogP contribution in [0.25, 0.3) is 10.1 Å². The van der Waals surface area contributed by atoms with Crippen LogP contribution in [0.15, 0.2) is 29.6 Å². The van der Waals surface area contributed by atoms with Crippen molar-refractivity contribution in [2.75, 3.05) is 0 Å². The third kappa shape index (κ3) is 1.76. The Labute approximate surface area is 100 Å². The second-order valence-electron chi connectivity index (χ2n) is 4.82. The summed E-state index contributed by atoms with van der Waals surface area (Å²) in [6.45, 7) is 0. The number of hydrogen-bond donors (Lipinski definition) is 1. The molecule has 0 radical (unpaired) electrons. The molecule has 0 aliphatic heterocycles. The van der Waals surface area contributed by atoms with Gasteiger partial charge in [0, 0.05) is 10.7 Å². The van der Waals surface area contributed by atoms with Gasteiger partial charge in [-0.25, -0.2) is 0 Å². The number of nitrogens with two attached hydrogens (primary N) is 1. The van der Waals surface area contributed by atoms with Crippen LogP contribution in [0.5, 0.6) is 0 Å². The maximum Gasteiger partial charge on any atom is 0.0345 e. The molecule has 2 aromatic rings. The van der Waals surface area contributed by atoms with Gasteiger partial charge >= 0.3 is 0 Å². The second kappa shape index (κ2) is 4.19. The summed E-state index contributed by atoms with van der Waals surface area (Å²) in [5.41, 5.74) is 7.65. The lowest BCUT2D eigenvalue weighted by Crippen LogP contribution is -2.25. The molecular weight excluding hydrogens is 214 g/mol. The summed E-state index contributed by atoms with van der Waals surface area (Å²) in [7, 11) is 0. The average Bonchev–Trinajstić information content (AvgIpc) is 2.88. The van der Waals surface area contributed by atoms with E-state index < -0.39 is 0 Å². The summed E-state index contributed by atoms with van der Waals surface area (Å²) >= 11 is 1.86. The van der Waals surface area contributed by atoms with Crippen molar-refractivity contribution in [3.8, 4) is 0 Å².